The van der Waals surface area contributed by atoms with Crippen molar-refractivity contribution < 1.29 is 0 Å². The quantitative estimate of drug-likeness (QED) is 0.890. The second kappa shape index (κ2) is 5.52. The number of aryl methyl sites for hydroxylation is 1. The summed E-state index contributed by atoms with van der Waals surface area (Å²) >= 11 is 3.16. The highest BCUT2D eigenvalue weighted by atomic mass is 32.1. The molecule has 0 aromatic carbocycles. The minimum absolute atomic E-state index is 0.280. The second-order valence-electron chi connectivity index (χ2n) is 3.60. The van der Waals surface area contributed by atoms with Gasteiger partial charge in [0.25, 0.3) is 0 Å². The number of aromatic nitrogens is 2. The van der Waals surface area contributed by atoms with Crippen LogP contribution in [-0.2, 0) is 12.8 Å². The Balaban J connectivity index is 2.07. The van der Waals surface area contributed by atoms with Crippen molar-refractivity contribution in [2.24, 2.45) is 0 Å². The van der Waals surface area contributed by atoms with E-state index in [1.54, 1.807) is 0 Å². The topological polar surface area (TPSA) is 37.8 Å². The van der Waals surface area contributed by atoms with Crippen molar-refractivity contribution in [2.45, 2.75) is 25.8 Å². The molecule has 0 aliphatic heterocycles. The number of rotatable bonds is 5. The molecule has 1 unspecified atom stereocenters. The molecule has 1 atom stereocenters. The Morgan fingerprint density at radius 3 is 2.75 bits per heavy atom. The lowest BCUT2D eigenvalue weighted by Gasteiger charge is -2.11. The van der Waals surface area contributed by atoms with Crippen LogP contribution in [0.4, 0.5) is 0 Å². The molecule has 0 spiro atoms. The van der Waals surface area contributed by atoms with Crippen LogP contribution in [0.25, 0.3) is 0 Å². The smallest absolute Gasteiger partial charge is 0.0915 e. The zero-order chi connectivity index (χ0) is 11.4. The van der Waals surface area contributed by atoms with Gasteiger partial charge < -0.3 is 5.32 Å². The molecule has 86 valence electrons. The Bertz CT molecular complexity index is 422. The lowest BCUT2D eigenvalue weighted by atomic mass is 10.1. The van der Waals surface area contributed by atoms with E-state index >= 15 is 0 Å². The van der Waals surface area contributed by atoms with Crippen LogP contribution in [0.15, 0.2) is 18.3 Å². The molecule has 1 N–H and O–H groups in total. The first kappa shape index (κ1) is 11.7. The molecule has 3 nitrogen and oxygen atoms in total. The van der Waals surface area contributed by atoms with Crippen molar-refractivity contribution in [1.29, 1.82) is 0 Å². The number of nitrogens with zero attached hydrogens (tertiary/aromatic N) is 2. The molecule has 0 amide bonds. The highest BCUT2D eigenvalue weighted by Gasteiger charge is 2.13. The van der Waals surface area contributed by atoms with Gasteiger partial charge in [0, 0.05) is 16.2 Å². The lowest BCUT2D eigenvalue weighted by Crippen LogP contribution is -2.18. The number of hydrogen-bond donors (Lipinski definition) is 1. The van der Waals surface area contributed by atoms with Gasteiger partial charge in [-0.15, -0.1) is 11.3 Å². The van der Waals surface area contributed by atoms with Crippen LogP contribution in [0.5, 0.6) is 0 Å². The summed E-state index contributed by atoms with van der Waals surface area (Å²) in [6.07, 6.45) is 3.96. The zero-order valence-corrected chi connectivity index (χ0v) is 11.1. The van der Waals surface area contributed by atoms with E-state index in [9.17, 15) is 0 Å². The first-order valence-electron chi connectivity index (χ1n) is 5.35. The highest BCUT2D eigenvalue weighted by molar-refractivity contribution is 7.12. The summed E-state index contributed by atoms with van der Waals surface area (Å²) in [6, 6.07) is 4.71. The van der Waals surface area contributed by atoms with Crippen LogP contribution in [0.3, 0.4) is 0 Å². The van der Waals surface area contributed by atoms with E-state index in [0.717, 1.165) is 18.5 Å². The number of thiophene rings is 1. The Kier molecular flexibility index (Phi) is 4.04. The van der Waals surface area contributed by atoms with Crippen LogP contribution in [0.1, 0.15) is 28.4 Å². The molecule has 0 fully saturated rings. The predicted octanol–water partition coefficient (Wildman–Crippen LogP) is 2.67. The van der Waals surface area contributed by atoms with E-state index in [-0.39, 0.29) is 6.04 Å². The van der Waals surface area contributed by atoms with E-state index in [4.69, 9.17) is 0 Å². The van der Waals surface area contributed by atoms with Crippen molar-refractivity contribution in [3.8, 4) is 0 Å². The molecule has 2 heterocycles. The molecule has 0 saturated heterocycles. The summed E-state index contributed by atoms with van der Waals surface area (Å²) in [4.78, 5) is 2.85. The van der Waals surface area contributed by atoms with E-state index in [1.807, 2.05) is 24.6 Å². The van der Waals surface area contributed by atoms with Crippen molar-refractivity contribution in [1.82, 2.24) is 14.1 Å². The van der Waals surface area contributed by atoms with Crippen LogP contribution in [-0.4, -0.2) is 15.8 Å². The molecule has 2 aromatic rings. The molecule has 2 rings (SSSR count). The fourth-order valence-electron chi connectivity index (χ4n) is 1.60. The van der Waals surface area contributed by atoms with Crippen LogP contribution < -0.4 is 5.32 Å². The van der Waals surface area contributed by atoms with Crippen molar-refractivity contribution in [2.75, 3.05) is 7.05 Å². The van der Waals surface area contributed by atoms with E-state index in [1.165, 1.54) is 21.5 Å². The van der Waals surface area contributed by atoms with Gasteiger partial charge in [-0.05, 0) is 25.6 Å². The van der Waals surface area contributed by atoms with Gasteiger partial charge in [-0.2, -0.15) is 8.75 Å². The van der Waals surface area contributed by atoms with Gasteiger partial charge in [0.1, 0.15) is 0 Å². The Hall–Kier alpha value is -0.780. The summed E-state index contributed by atoms with van der Waals surface area (Å²) in [5, 5.41) is 3.29. The summed E-state index contributed by atoms with van der Waals surface area (Å²) < 4.78 is 8.33. The van der Waals surface area contributed by atoms with E-state index in [2.05, 4.69) is 33.1 Å². The Labute approximate surface area is 104 Å². The third-order valence-electron chi connectivity index (χ3n) is 2.55. The standard InChI is InChI=1S/C11H15N3S2/c1-3-8-4-5-9(15-8)6-10(12-2)11-7-13-16-14-11/h4-5,7,10,12H,3,6H2,1-2H3. The van der Waals surface area contributed by atoms with Crippen LogP contribution in [0.2, 0.25) is 0 Å². The zero-order valence-electron chi connectivity index (χ0n) is 9.43. The van der Waals surface area contributed by atoms with Gasteiger partial charge in [-0.3, -0.25) is 0 Å². The Morgan fingerprint density at radius 2 is 2.19 bits per heavy atom. The number of hydrogen-bond acceptors (Lipinski definition) is 5. The first-order valence-corrected chi connectivity index (χ1v) is 6.90. The summed E-state index contributed by atoms with van der Waals surface area (Å²) in [5.41, 5.74) is 1.04. The molecule has 0 saturated carbocycles. The van der Waals surface area contributed by atoms with E-state index in [0.29, 0.717) is 0 Å². The van der Waals surface area contributed by atoms with Gasteiger partial charge in [-0.1, -0.05) is 6.92 Å². The third-order valence-corrected chi connectivity index (χ3v) is 4.30. The first-order chi connectivity index (χ1) is 7.83. The maximum absolute atomic E-state index is 4.28. The lowest BCUT2D eigenvalue weighted by molar-refractivity contribution is 0.585. The summed E-state index contributed by atoms with van der Waals surface area (Å²) in [5.74, 6) is 0. The maximum Gasteiger partial charge on any atom is 0.0915 e. The van der Waals surface area contributed by atoms with Gasteiger partial charge in [0.15, 0.2) is 0 Å². The van der Waals surface area contributed by atoms with Crippen molar-refractivity contribution >= 4 is 23.1 Å². The normalized spacial score (nSPS) is 12.9. The molecule has 5 heteroatoms. The monoisotopic (exact) mass is 253 g/mol. The van der Waals surface area contributed by atoms with Gasteiger partial charge in [0.2, 0.25) is 0 Å². The molecular weight excluding hydrogens is 238 g/mol. The predicted molar refractivity (Wildman–Crippen MR) is 69.1 cm³/mol. The summed E-state index contributed by atoms with van der Waals surface area (Å²) in [6.45, 7) is 2.19. The summed E-state index contributed by atoms with van der Waals surface area (Å²) in [7, 11) is 1.97. The molecule has 0 radical (unpaired) electrons. The van der Waals surface area contributed by atoms with Crippen molar-refractivity contribution in [3.05, 3.63) is 33.8 Å². The molecular formula is C11H15N3S2. The van der Waals surface area contributed by atoms with E-state index < -0.39 is 0 Å². The average Bonchev–Trinajstić information content (AvgIpc) is 2.96. The number of likely N-dealkylation sites (N-methyl/N-ethyl adjacent to an activating group) is 1. The fraction of sp³-hybridized carbons (Fsp3) is 0.455. The largest absolute Gasteiger partial charge is 0.311 e. The second-order valence-corrected chi connectivity index (χ2v) is 5.41. The Morgan fingerprint density at radius 1 is 1.38 bits per heavy atom. The van der Waals surface area contributed by atoms with Crippen molar-refractivity contribution in [3.63, 3.8) is 0 Å². The average molecular weight is 253 g/mol. The van der Waals surface area contributed by atoms with Gasteiger partial charge >= 0.3 is 0 Å². The molecule has 16 heavy (non-hydrogen) atoms. The molecule has 0 bridgehead atoms. The van der Waals surface area contributed by atoms with Gasteiger partial charge in [0.05, 0.1) is 29.7 Å². The van der Waals surface area contributed by atoms with Crippen LogP contribution >= 0.6 is 23.1 Å². The van der Waals surface area contributed by atoms with Crippen LogP contribution in [0, 0.1) is 0 Å². The molecule has 0 aliphatic rings. The van der Waals surface area contributed by atoms with Gasteiger partial charge in [-0.25, -0.2) is 0 Å². The maximum atomic E-state index is 4.28. The number of nitrogens with one attached hydrogen (secondary N) is 1. The fourth-order valence-corrected chi connectivity index (χ4v) is 3.08. The third kappa shape index (κ3) is 2.66. The highest BCUT2D eigenvalue weighted by Crippen LogP contribution is 2.23. The molecule has 2 aromatic heterocycles. The minimum Gasteiger partial charge on any atom is -0.311 e. The molecule has 0 aliphatic carbocycles. The minimum atomic E-state index is 0.280. The SMILES string of the molecule is CCc1ccc(CC(NC)c2cnsn2)s1.